The highest BCUT2D eigenvalue weighted by Gasteiger charge is 2.12. The summed E-state index contributed by atoms with van der Waals surface area (Å²) in [5.41, 5.74) is 7.80. The highest BCUT2D eigenvalue weighted by atomic mass is 19.1. The Morgan fingerprint density at radius 2 is 1.00 bits per heavy atom. The average Bonchev–Trinajstić information content (AvgIpc) is 3.95. The summed E-state index contributed by atoms with van der Waals surface area (Å²) in [6.07, 6.45) is 10.0. The van der Waals surface area contributed by atoms with E-state index in [1.54, 1.807) is 85.7 Å². The van der Waals surface area contributed by atoms with E-state index in [2.05, 4.69) is 51.8 Å². The Kier molecular flexibility index (Phi) is 12.6. The normalized spacial score (nSPS) is 10.3. The lowest BCUT2D eigenvalue weighted by Gasteiger charge is -2.11. The molecule has 0 bridgehead atoms. The van der Waals surface area contributed by atoms with E-state index in [0.29, 0.717) is 51.9 Å². The van der Waals surface area contributed by atoms with Crippen LogP contribution in [-0.4, -0.2) is 32.0 Å². The predicted octanol–water partition coefficient (Wildman–Crippen LogP) is 10.9. The molecule has 6 N–H and O–H groups in total. The summed E-state index contributed by atoms with van der Waals surface area (Å²) in [5, 5.41) is 26.0. The lowest BCUT2D eigenvalue weighted by atomic mass is 10.2. The fourth-order valence-corrected chi connectivity index (χ4v) is 5.60. The fraction of sp³-hybridized carbons (Fsp3) is 0.0444. The van der Waals surface area contributed by atoms with Gasteiger partial charge in [0.2, 0.25) is 0 Å². The van der Waals surface area contributed by atoms with Crippen molar-refractivity contribution in [3.63, 3.8) is 0 Å². The molecule has 0 aliphatic rings. The van der Waals surface area contributed by atoms with E-state index in [1.165, 1.54) is 24.3 Å². The fourth-order valence-electron chi connectivity index (χ4n) is 5.60. The molecule has 302 valence electrons. The monoisotopic (exact) mass is 813 g/mol. The standard InChI is InChI=1S/C23H18N6O2.C22H18FN5O2/c1-15-4-7-19(28-22(30)27-18-8-5-16(12-24)6-9-18)11-20(15)29-23-26-14-21(31-23)17-3-2-10-25-13-17;1-14-4-7-18(27-21(29)26-17-8-5-16(23)6-9-17)11-19(14)28-22-25-13-20(30-22)15-3-2-10-24-12-15/h2-11,13-14H,1H3,(H,26,29)(H2,27,28,30);2-13H,1H3,(H,25,28)(H2,26,27,29). The van der Waals surface area contributed by atoms with Crippen molar-refractivity contribution in [3.8, 4) is 28.7 Å². The second-order valence-corrected chi connectivity index (χ2v) is 13.2. The SMILES string of the molecule is Cc1ccc(NC(=O)Nc2ccc(C#N)cc2)cc1Nc1ncc(-c2cccnc2)o1.Cc1ccc(NC(=O)Nc2ccc(F)cc2)cc1Nc1ncc(-c2cccnc2)o1. The Morgan fingerprint density at radius 3 is 1.43 bits per heavy atom. The van der Waals surface area contributed by atoms with Crippen molar-refractivity contribution in [2.75, 3.05) is 31.9 Å². The van der Waals surface area contributed by atoms with Gasteiger partial charge >= 0.3 is 12.1 Å². The number of carbonyl (C=O) groups is 2. The molecule has 61 heavy (non-hydrogen) atoms. The number of amides is 4. The summed E-state index contributed by atoms with van der Waals surface area (Å²) in [6.45, 7) is 3.86. The molecular formula is C45H36FN11O4. The van der Waals surface area contributed by atoms with E-state index in [9.17, 15) is 14.0 Å². The van der Waals surface area contributed by atoms with Crippen LogP contribution in [0.25, 0.3) is 22.6 Å². The smallest absolute Gasteiger partial charge is 0.323 e. The molecule has 8 rings (SSSR count). The lowest BCUT2D eigenvalue weighted by molar-refractivity contribution is 0.261. The zero-order valence-electron chi connectivity index (χ0n) is 32.6. The maximum absolute atomic E-state index is 13.0. The van der Waals surface area contributed by atoms with Gasteiger partial charge < -0.3 is 40.7 Å². The molecule has 4 aromatic carbocycles. The van der Waals surface area contributed by atoms with Gasteiger partial charge in [-0.1, -0.05) is 12.1 Å². The van der Waals surface area contributed by atoms with Gasteiger partial charge in [-0.25, -0.2) is 23.9 Å². The Morgan fingerprint density at radius 1 is 0.574 bits per heavy atom. The average molecular weight is 814 g/mol. The second kappa shape index (κ2) is 19.1. The number of pyridine rings is 2. The number of benzene rings is 4. The van der Waals surface area contributed by atoms with Gasteiger partial charge in [0.05, 0.1) is 24.0 Å². The quantitative estimate of drug-likeness (QED) is 0.0765. The molecular weight excluding hydrogens is 778 g/mol. The number of hydrogen-bond acceptors (Lipinski definition) is 11. The first-order valence-corrected chi connectivity index (χ1v) is 18.6. The van der Waals surface area contributed by atoms with Crippen molar-refractivity contribution < 1.29 is 22.8 Å². The van der Waals surface area contributed by atoms with Gasteiger partial charge in [-0.05, 0) is 122 Å². The first kappa shape index (κ1) is 40.4. The zero-order chi connectivity index (χ0) is 42.6. The van der Waals surface area contributed by atoms with Gasteiger partial charge in [0.15, 0.2) is 11.5 Å². The van der Waals surface area contributed by atoms with E-state index < -0.39 is 12.1 Å². The number of aromatic nitrogens is 4. The number of halogens is 1. The number of urea groups is 2. The molecule has 0 atom stereocenters. The van der Waals surface area contributed by atoms with E-state index in [0.717, 1.165) is 33.6 Å². The van der Waals surface area contributed by atoms with Crippen molar-refractivity contribution in [1.29, 1.82) is 5.26 Å². The Bertz CT molecular complexity index is 2790. The molecule has 4 heterocycles. The van der Waals surface area contributed by atoms with Crippen LogP contribution in [0.5, 0.6) is 0 Å². The molecule has 0 saturated heterocycles. The number of anilines is 8. The van der Waals surface area contributed by atoms with Gasteiger partial charge in [-0.15, -0.1) is 0 Å². The van der Waals surface area contributed by atoms with Gasteiger partial charge in [-0.2, -0.15) is 5.26 Å². The van der Waals surface area contributed by atoms with E-state index in [1.807, 2.05) is 56.3 Å². The van der Waals surface area contributed by atoms with Crippen LogP contribution in [0.4, 0.5) is 60.1 Å². The van der Waals surface area contributed by atoms with E-state index >= 15 is 0 Å². The maximum Gasteiger partial charge on any atom is 0.323 e. The number of nitrogens with zero attached hydrogens (tertiary/aromatic N) is 5. The van der Waals surface area contributed by atoms with Gasteiger partial charge in [-0.3, -0.25) is 9.97 Å². The summed E-state index contributed by atoms with van der Waals surface area (Å²) >= 11 is 0. The van der Waals surface area contributed by atoms with Crippen LogP contribution in [0, 0.1) is 31.0 Å². The number of carbonyl (C=O) groups excluding carboxylic acids is 2. The molecule has 0 fully saturated rings. The predicted molar refractivity (Wildman–Crippen MR) is 231 cm³/mol. The molecule has 15 nitrogen and oxygen atoms in total. The number of oxazole rings is 2. The highest BCUT2D eigenvalue weighted by Crippen LogP contribution is 2.29. The minimum atomic E-state index is -0.439. The van der Waals surface area contributed by atoms with Crippen LogP contribution in [0.3, 0.4) is 0 Å². The number of nitrogens with one attached hydrogen (secondary N) is 6. The summed E-state index contributed by atoms with van der Waals surface area (Å²) in [5.74, 6) is 0.828. The van der Waals surface area contributed by atoms with Crippen molar-refractivity contribution in [2.45, 2.75) is 13.8 Å². The van der Waals surface area contributed by atoms with E-state index in [4.69, 9.17) is 14.1 Å². The van der Waals surface area contributed by atoms with Gasteiger partial charge in [0.1, 0.15) is 5.82 Å². The van der Waals surface area contributed by atoms with Crippen LogP contribution in [0.15, 0.2) is 155 Å². The van der Waals surface area contributed by atoms with Crippen LogP contribution in [0.1, 0.15) is 16.7 Å². The Hall–Kier alpha value is -8.84. The van der Waals surface area contributed by atoms with Crippen molar-refractivity contribution in [2.24, 2.45) is 0 Å². The van der Waals surface area contributed by atoms with Gasteiger partial charge in [0, 0.05) is 70.0 Å². The van der Waals surface area contributed by atoms with Crippen molar-refractivity contribution in [3.05, 3.63) is 169 Å². The Labute approximate surface area is 348 Å². The summed E-state index contributed by atoms with van der Waals surface area (Å²) in [7, 11) is 0. The molecule has 4 aromatic heterocycles. The topological polar surface area (TPSA) is 208 Å². The number of nitriles is 1. The molecule has 0 aliphatic carbocycles. The van der Waals surface area contributed by atoms with Crippen LogP contribution < -0.4 is 31.9 Å². The lowest BCUT2D eigenvalue weighted by Crippen LogP contribution is -2.19. The van der Waals surface area contributed by atoms with Gasteiger partial charge in [0.25, 0.3) is 12.0 Å². The third-order valence-electron chi connectivity index (χ3n) is 8.75. The summed E-state index contributed by atoms with van der Waals surface area (Å²) < 4.78 is 24.5. The first-order chi connectivity index (χ1) is 29.7. The van der Waals surface area contributed by atoms with Crippen LogP contribution in [0.2, 0.25) is 0 Å². The molecule has 0 spiro atoms. The minimum Gasteiger partial charge on any atom is -0.423 e. The number of rotatable bonds is 10. The zero-order valence-corrected chi connectivity index (χ0v) is 32.6. The number of aryl methyl sites for hydroxylation is 2. The van der Waals surface area contributed by atoms with Crippen molar-refractivity contribution >= 4 is 58.2 Å². The molecule has 0 aliphatic heterocycles. The molecule has 4 amide bonds. The molecule has 16 heteroatoms. The molecule has 8 aromatic rings. The van der Waals surface area contributed by atoms with Crippen molar-refractivity contribution in [1.82, 2.24) is 19.9 Å². The second-order valence-electron chi connectivity index (χ2n) is 13.2. The summed E-state index contributed by atoms with van der Waals surface area (Å²) in [6, 6.07) is 32.3. The first-order valence-electron chi connectivity index (χ1n) is 18.6. The molecule has 0 radical (unpaired) electrons. The number of hydrogen-bond donors (Lipinski definition) is 6. The molecule has 0 unspecified atom stereocenters. The third kappa shape index (κ3) is 11.2. The molecule has 0 saturated carbocycles. The minimum absolute atomic E-state index is 0.324. The highest BCUT2D eigenvalue weighted by molar-refractivity contribution is 6.01. The van der Waals surface area contributed by atoms with Crippen LogP contribution in [-0.2, 0) is 0 Å². The van der Waals surface area contributed by atoms with E-state index in [-0.39, 0.29) is 5.82 Å². The maximum atomic E-state index is 13.0. The Balaban J connectivity index is 0.000000184. The largest absolute Gasteiger partial charge is 0.423 e. The summed E-state index contributed by atoms with van der Waals surface area (Å²) in [4.78, 5) is 41.2. The van der Waals surface area contributed by atoms with Crippen LogP contribution >= 0.6 is 0 Å². The third-order valence-corrected chi connectivity index (χ3v) is 8.75.